The van der Waals surface area contributed by atoms with Crippen molar-refractivity contribution in [3.63, 3.8) is 0 Å². The van der Waals surface area contributed by atoms with Gasteiger partial charge in [0.15, 0.2) is 5.78 Å². The van der Waals surface area contributed by atoms with Crippen LogP contribution in [0.25, 0.3) is 0 Å². The first-order valence-corrected chi connectivity index (χ1v) is 6.51. The smallest absolute Gasteiger partial charge is 0.176 e. The predicted octanol–water partition coefficient (Wildman–Crippen LogP) is 3.90. The Labute approximate surface area is 121 Å². The SMILES string of the molecule is CN(CC(=O)c1ccc(Cl)c(Cl)c1)Cc1ccco1. The summed E-state index contributed by atoms with van der Waals surface area (Å²) in [6, 6.07) is 8.60. The number of halogens is 2. The number of rotatable bonds is 5. The molecule has 0 saturated heterocycles. The van der Waals surface area contributed by atoms with E-state index in [0.717, 1.165) is 5.76 Å². The predicted molar refractivity (Wildman–Crippen MR) is 75.8 cm³/mol. The van der Waals surface area contributed by atoms with Gasteiger partial charge in [-0.3, -0.25) is 9.69 Å². The first-order chi connectivity index (χ1) is 9.06. The molecule has 2 rings (SSSR count). The highest BCUT2D eigenvalue weighted by atomic mass is 35.5. The zero-order valence-corrected chi connectivity index (χ0v) is 11.9. The maximum Gasteiger partial charge on any atom is 0.176 e. The van der Waals surface area contributed by atoms with E-state index in [0.29, 0.717) is 28.7 Å². The molecule has 0 atom stereocenters. The Hall–Kier alpha value is -1.29. The number of hydrogen-bond donors (Lipinski definition) is 0. The third-order valence-corrected chi connectivity index (χ3v) is 3.40. The zero-order valence-electron chi connectivity index (χ0n) is 10.4. The van der Waals surface area contributed by atoms with Crippen molar-refractivity contribution >= 4 is 29.0 Å². The maximum absolute atomic E-state index is 12.1. The van der Waals surface area contributed by atoms with Gasteiger partial charge >= 0.3 is 0 Å². The fourth-order valence-corrected chi connectivity index (χ4v) is 2.03. The van der Waals surface area contributed by atoms with E-state index in [1.807, 2.05) is 24.1 Å². The average molecular weight is 298 g/mol. The van der Waals surface area contributed by atoms with Crippen LogP contribution in [0.2, 0.25) is 10.0 Å². The molecule has 1 aromatic carbocycles. The van der Waals surface area contributed by atoms with E-state index in [9.17, 15) is 4.79 Å². The van der Waals surface area contributed by atoms with E-state index in [1.165, 1.54) is 0 Å². The highest BCUT2D eigenvalue weighted by molar-refractivity contribution is 6.42. The molecule has 0 amide bonds. The van der Waals surface area contributed by atoms with E-state index in [2.05, 4.69) is 0 Å². The molecular weight excluding hydrogens is 285 g/mol. The first-order valence-electron chi connectivity index (χ1n) is 5.75. The Bertz CT molecular complexity index is 567. The largest absolute Gasteiger partial charge is 0.468 e. The second kappa shape index (κ2) is 6.24. The van der Waals surface area contributed by atoms with E-state index in [1.54, 1.807) is 24.5 Å². The number of nitrogens with zero attached hydrogens (tertiary/aromatic N) is 1. The third-order valence-electron chi connectivity index (χ3n) is 2.66. The summed E-state index contributed by atoms with van der Waals surface area (Å²) in [5.41, 5.74) is 0.556. The van der Waals surface area contributed by atoms with E-state index in [4.69, 9.17) is 27.6 Å². The van der Waals surface area contributed by atoms with Crippen molar-refractivity contribution < 1.29 is 9.21 Å². The van der Waals surface area contributed by atoms with Crippen LogP contribution in [0.1, 0.15) is 16.1 Å². The molecule has 1 heterocycles. The van der Waals surface area contributed by atoms with Crippen LogP contribution in [-0.4, -0.2) is 24.3 Å². The van der Waals surface area contributed by atoms with Gasteiger partial charge in [0.1, 0.15) is 5.76 Å². The summed E-state index contributed by atoms with van der Waals surface area (Å²) in [6.07, 6.45) is 1.62. The van der Waals surface area contributed by atoms with E-state index < -0.39 is 0 Å². The van der Waals surface area contributed by atoms with Crippen molar-refractivity contribution in [2.75, 3.05) is 13.6 Å². The molecule has 0 unspecified atom stereocenters. The number of likely N-dealkylation sites (N-methyl/N-ethyl adjacent to an activating group) is 1. The number of ketones is 1. The van der Waals surface area contributed by atoms with Gasteiger partial charge in [-0.2, -0.15) is 0 Å². The molecule has 3 nitrogen and oxygen atoms in total. The molecule has 5 heteroatoms. The van der Waals surface area contributed by atoms with Gasteiger partial charge < -0.3 is 4.42 Å². The van der Waals surface area contributed by atoms with Gasteiger partial charge in [0.05, 0.1) is 29.4 Å². The number of Topliss-reactive ketones (excluding diaryl/α,β-unsaturated/α-hetero) is 1. The van der Waals surface area contributed by atoms with Gasteiger partial charge in [-0.05, 0) is 37.4 Å². The summed E-state index contributed by atoms with van der Waals surface area (Å²) < 4.78 is 5.23. The molecule has 0 fully saturated rings. The van der Waals surface area contributed by atoms with E-state index in [-0.39, 0.29) is 5.78 Å². The lowest BCUT2D eigenvalue weighted by Crippen LogP contribution is -2.25. The fourth-order valence-electron chi connectivity index (χ4n) is 1.73. The Morgan fingerprint density at radius 1 is 1.26 bits per heavy atom. The van der Waals surface area contributed by atoms with Crippen molar-refractivity contribution in [1.82, 2.24) is 4.90 Å². The van der Waals surface area contributed by atoms with Crippen LogP contribution < -0.4 is 0 Å². The Morgan fingerprint density at radius 3 is 2.68 bits per heavy atom. The maximum atomic E-state index is 12.1. The Balaban J connectivity index is 1.98. The number of hydrogen-bond acceptors (Lipinski definition) is 3. The lowest BCUT2D eigenvalue weighted by atomic mass is 10.1. The monoisotopic (exact) mass is 297 g/mol. The molecule has 0 saturated carbocycles. The van der Waals surface area contributed by atoms with Crippen molar-refractivity contribution in [2.24, 2.45) is 0 Å². The lowest BCUT2D eigenvalue weighted by molar-refractivity contribution is 0.0939. The van der Waals surface area contributed by atoms with Gasteiger partial charge in [0.2, 0.25) is 0 Å². The van der Waals surface area contributed by atoms with Crippen LogP contribution in [-0.2, 0) is 6.54 Å². The second-order valence-corrected chi connectivity index (χ2v) is 5.12. The minimum absolute atomic E-state index is 0.00683. The Kier molecular flexibility index (Phi) is 4.64. The molecule has 100 valence electrons. The standard InChI is InChI=1S/C14H13Cl2NO2/c1-17(8-11-3-2-6-19-11)9-14(18)10-4-5-12(15)13(16)7-10/h2-7H,8-9H2,1H3. The number of carbonyl (C=O) groups is 1. The summed E-state index contributed by atoms with van der Waals surface area (Å²) in [7, 11) is 1.86. The van der Waals surface area contributed by atoms with E-state index >= 15 is 0 Å². The Morgan fingerprint density at radius 2 is 2.05 bits per heavy atom. The minimum Gasteiger partial charge on any atom is -0.468 e. The van der Waals surface area contributed by atoms with Crippen LogP contribution in [0.5, 0.6) is 0 Å². The summed E-state index contributed by atoms with van der Waals surface area (Å²) in [5, 5.41) is 0.836. The summed E-state index contributed by atoms with van der Waals surface area (Å²) >= 11 is 11.7. The molecule has 0 N–H and O–H groups in total. The van der Waals surface area contributed by atoms with Crippen molar-refractivity contribution in [1.29, 1.82) is 0 Å². The molecule has 0 radical (unpaired) electrons. The highest BCUT2D eigenvalue weighted by Gasteiger charge is 2.12. The zero-order chi connectivity index (χ0) is 13.8. The van der Waals surface area contributed by atoms with Crippen LogP contribution >= 0.6 is 23.2 Å². The van der Waals surface area contributed by atoms with Crippen molar-refractivity contribution in [3.05, 3.63) is 58.0 Å². The quantitative estimate of drug-likeness (QED) is 0.785. The number of carbonyl (C=O) groups excluding carboxylic acids is 1. The summed E-state index contributed by atoms with van der Waals surface area (Å²) in [5.74, 6) is 0.817. The molecule has 2 aromatic rings. The van der Waals surface area contributed by atoms with Gasteiger partial charge in [0, 0.05) is 5.56 Å². The molecule has 0 aliphatic carbocycles. The number of benzene rings is 1. The van der Waals surface area contributed by atoms with Crippen LogP contribution in [0.3, 0.4) is 0 Å². The van der Waals surface area contributed by atoms with Crippen LogP contribution in [0.15, 0.2) is 41.0 Å². The minimum atomic E-state index is -0.00683. The topological polar surface area (TPSA) is 33.5 Å². The third kappa shape index (κ3) is 3.83. The normalized spacial score (nSPS) is 10.9. The summed E-state index contributed by atoms with van der Waals surface area (Å²) in [6.45, 7) is 0.874. The van der Waals surface area contributed by atoms with Crippen molar-refractivity contribution in [3.8, 4) is 0 Å². The highest BCUT2D eigenvalue weighted by Crippen LogP contribution is 2.22. The van der Waals surface area contributed by atoms with Crippen molar-refractivity contribution in [2.45, 2.75) is 6.54 Å². The molecule has 0 aliphatic rings. The van der Waals surface area contributed by atoms with Gasteiger partial charge in [-0.25, -0.2) is 0 Å². The van der Waals surface area contributed by atoms with Gasteiger partial charge in [0.25, 0.3) is 0 Å². The molecule has 0 bridgehead atoms. The van der Waals surface area contributed by atoms with Gasteiger partial charge in [-0.15, -0.1) is 0 Å². The molecule has 19 heavy (non-hydrogen) atoms. The lowest BCUT2D eigenvalue weighted by Gasteiger charge is -2.14. The average Bonchev–Trinajstić information content (AvgIpc) is 2.85. The number of furan rings is 1. The fraction of sp³-hybridized carbons (Fsp3) is 0.214. The van der Waals surface area contributed by atoms with Crippen LogP contribution in [0.4, 0.5) is 0 Å². The van der Waals surface area contributed by atoms with Crippen LogP contribution in [0, 0.1) is 0 Å². The summed E-state index contributed by atoms with van der Waals surface area (Å²) in [4.78, 5) is 14.0. The second-order valence-electron chi connectivity index (χ2n) is 4.30. The molecular formula is C14H13Cl2NO2. The molecule has 0 spiro atoms. The van der Waals surface area contributed by atoms with Gasteiger partial charge in [-0.1, -0.05) is 23.2 Å². The first kappa shape index (κ1) is 14.1. The molecule has 1 aromatic heterocycles. The molecule has 0 aliphatic heterocycles.